The third-order valence-corrected chi connectivity index (χ3v) is 4.94. The zero-order chi connectivity index (χ0) is 18.1. The zero-order valence-corrected chi connectivity index (χ0v) is 14.5. The summed E-state index contributed by atoms with van der Waals surface area (Å²) in [7, 11) is 0. The van der Waals surface area contributed by atoms with Crippen LogP contribution in [0.25, 0.3) is 10.9 Å². The molecule has 1 aromatic carbocycles. The van der Waals surface area contributed by atoms with Gasteiger partial charge in [-0.05, 0) is 56.9 Å². The molecular formula is C19H20FN5O. The Kier molecular flexibility index (Phi) is 4.36. The van der Waals surface area contributed by atoms with Crippen LogP contribution < -0.4 is 10.9 Å². The monoisotopic (exact) mass is 353 g/mol. The predicted molar refractivity (Wildman–Crippen MR) is 97.6 cm³/mol. The van der Waals surface area contributed by atoms with Gasteiger partial charge in [-0.3, -0.25) is 4.79 Å². The Bertz CT molecular complexity index is 995. The van der Waals surface area contributed by atoms with Gasteiger partial charge in [-0.2, -0.15) is 5.10 Å². The van der Waals surface area contributed by atoms with Gasteiger partial charge in [-0.25, -0.2) is 19.0 Å². The van der Waals surface area contributed by atoms with Gasteiger partial charge < -0.3 is 5.32 Å². The van der Waals surface area contributed by atoms with E-state index in [9.17, 15) is 9.18 Å². The van der Waals surface area contributed by atoms with Crippen molar-refractivity contribution in [1.82, 2.24) is 19.7 Å². The van der Waals surface area contributed by atoms with Crippen LogP contribution in [0.2, 0.25) is 0 Å². The van der Waals surface area contributed by atoms with E-state index >= 15 is 0 Å². The molecule has 1 saturated carbocycles. The van der Waals surface area contributed by atoms with Crippen LogP contribution in [-0.2, 0) is 0 Å². The Morgan fingerprint density at radius 2 is 1.92 bits per heavy atom. The molecule has 0 atom stereocenters. The molecule has 1 aliphatic rings. The summed E-state index contributed by atoms with van der Waals surface area (Å²) in [4.78, 5) is 20.5. The normalized spacial score (nSPS) is 20.2. The van der Waals surface area contributed by atoms with Crippen LogP contribution in [0, 0.1) is 12.7 Å². The van der Waals surface area contributed by atoms with Crippen molar-refractivity contribution in [3.8, 4) is 0 Å². The molecule has 0 aliphatic heterocycles. The van der Waals surface area contributed by atoms with Gasteiger partial charge in [0.05, 0.1) is 17.3 Å². The first-order chi connectivity index (χ1) is 12.6. The second-order valence-corrected chi connectivity index (χ2v) is 6.79. The molecule has 134 valence electrons. The van der Waals surface area contributed by atoms with Gasteiger partial charge in [-0.1, -0.05) is 0 Å². The maximum Gasteiger partial charge on any atom is 0.267 e. The molecule has 3 aromatic rings. The molecule has 6 nitrogen and oxygen atoms in total. The molecule has 0 spiro atoms. The van der Waals surface area contributed by atoms with E-state index in [1.807, 2.05) is 6.92 Å². The van der Waals surface area contributed by atoms with Crippen LogP contribution in [0.5, 0.6) is 0 Å². The van der Waals surface area contributed by atoms with Gasteiger partial charge in [0.1, 0.15) is 18.0 Å². The van der Waals surface area contributed by atoms with Crippen LogP contribution in [0.4, 0.5) is 10.2 Å². The maximum atomic E-state index is 13.6. The summed E-state index contributed by atoms with van der Waals surface area (Å²) >= 11 is 0. The number of rotatable bonds is 3. The molecule has 7 heteroatoms. The smallest absolute Gasteiger partial charge is 0.267 e. The van der Waals surface area contributed by atoms with Gasteiger partial charge in [0, 0.05) is 17.5 Å². The van der Waals surface area contributed by atoms with Crippen molar-refractivity contribution in [2.24, 2.45) is 0 Å². The number of fused-ring (bicyclic) bond motifs is 1. The third-order valence-electron chi connectivity index (χ3n) is 4.94. The lowest BCUT2D eigenvalue weighted by atomic mass is 9.91. The molecule has 4 rings (SSSR count). The van der Waals surface area contributed by atoms with Gasteiger partial charge in [0.2, 0.25) is 0 Å². The number of hydrogen-bond donors (Lipinski definition) is 1. The number of nitrogens with one attached hydrogen (secondary N) is 1. The number of benzene rings is 1. The summed E-state index contributed by atoms with van der Waals surface area (Å²) in [5, 5.41) is 8.49. The van der Waals surface area contributed by atoms with Gasteiger partial charge in [0.15, 0.2) is 0 Å². The fourth-order valence-corrected chi connectivity index (χ4v) is 3.58. The number of aromatic nitrogens is 4. The third kappa shape index (κ3) is 3.29. The highest BCUT2D eigenvalue weighted by Crippen LogP contribution is 2.30. The van der Waals surface area contributed by atoms with Crippen molar-refractivity contribution in [3.05, 3.63) is 58.5 Å². The first-order valence-electron chi connectivity index (χ1n) is 8.83. The number of aryl methyl sites for hydroxylation is 1. The van der Waals surface area contributed by atoms with Crippen LogP contribution in [0.1, 0.15) is 37.4 Å². The molecule has 2 aromatic heterocycles. The molecule has 0 radical (unpaired) electrons. The largest absolute Gasteiger partial charge is 0.367 e. The van der Waals surface area contributed by atoms with Crippen LogP contribution in [0.3, 0.4) is 0 Å². The van der Waals surface area contributed by atoms with E-state index in [1.54, 1.807) is 22.9 Å². The van der Waals surface area contributed by atoms with Crippen molar-refractivity contribution >= 4 is 16.7 Å². The van der Waals surface area contributed by atoms with E-state index in [1.165, 1.54) is 18.5 Å². The number of halogens is 1. The summed E-state index contributed by atoms with van der Waals surface area (Å²) in [5.41, 5.74) is 1.51. The van der Waals surface area contributed by atoms with E-state index in [-0.39, 0.29) is 23.5 Å². The van der Waals surface area contributed by atoms with Crippen molar-refractivity contribution in [2.45, 2.75) is 44.7 Å². The molecular weight excluding hydrogens is 333 g/mol. The lowest BCUT2D eigenvalue weighted by Crippen LogP contribution is -2.33. The quantitative estimate of drug-likeness (QED) is 0.783. The molecule has 0 amide bonds. The van der Waals surface area contributed by atoms with E-state index < -0.39 is 0 Å². The minimum atomic E-state index is -0.302. The Morgan fingerprint density at radius 3 is 2.73 bits per heavy atom. The minimum absolute atomic E-state index is 0.0516. The van der Waals surface area contributed by atoms with E-state index in [4.69, 9.17) is 0 Å². The van der Waals surface area contributed by atoms with Crippen molar-refractivity contribution in [1.29, 1.82) is 0 Å². The van der Waals surface area contributed by atoms with Crippen molar-refractivity contribution < 1.29 is 4.39 Å². The predicted octanol–water partition coefficient (Wildman–Crippen LogP) is 3.23. The van der Waals surface area contributed by atoms with E-state index in [2.05, 4.69) is 20.4 Å². The minimum Gasteiger partial charge on any atom is -0.367 e. The van der Waals surface area contributed by atoms with Gasteiger partial charge >= 0.3 is 0 Å². The summed E-state index contributed by atoms with van der Waals surface area (Å²) in [6.45, 7) is 1.89. The zero-order valence-electron chi connectivity index (χ0n) is 14.5. The highest BCUT2D eigenvalue weighted by atomic mass is 19.1. The van der Waals surface area contributed by atoms with Crippen molar-refractivity contribution in [3.63, 3.8) is 0 Å². The fourth-order valence-electron chi connectivity index (χ4n) is 3.58. The standard InChI is InChI=1S/C19H20FN5O/c1-12-2-9-18(26)25(24-12)15-6-4-14(5-7-15)23-19-16-10-13(20)3-8-17(16)21-11-22-19/h2-3,8-11,14-15H,4-7H2,1H3,(H,21,22,23). The topological polar surface area (TPSA) is 72.7 Å². The lowest BCUT2D eigenvalue weighted by Gasteiger charge is -2.30. The van der Waals surface area contributed by atoms with Crippen molar-refractivity contribution in [2.75, 3.05) is 5.32 Å². The number of anilines is 1. The molecule has 1 N–H and O–H groups in total. The highest BCUT2D eigenvalue weighted by molar-refractivity contribution is 5.88. The second-order valence-electron chi connectivity index (χ2n) is 6.79. The van der Waals surface area contributed by atoms with Gasteiger partial charge in [-0.15, -0.1) is 0 Å². The first kappa shape index (κ1) is 16.6. The fraction of sp³-hybridized carbons (Fsp3) is 0.368. The van der Waals surface area contributed by atoms with Gasteiger partial charge in [0.25, 0.3) is 5.56 Å². The number of nitrogens with zero attached hydrogens (tertiary/aromatic N) is 4. The van der Waals surface area contributed by atoms with E-state index in [0.717, 1.165) is 31.4 Å². The average molecular weight is 353 g/mol. The molecule has 1 fully saturated rings. The summed E-state index contributed by atoms with van der Waals surface area (Å²) in [5.74, 6) is 0.354. The molecule has 1 aliphatic carbocycles. The molecule has 0 bridgehead atoms. The second kappa shape index (κ2) is 6.82. The summed E-state index contributed by atoms with van der Waals surface area (Å²) < 4.78 is 15.2. The maximum absolute atomic E-state index is 13.6. The summed E-state index contributed by atoms with van der Waals surface area (Å²) in [6, 6.07) is 8.19. The lowest BCUT2D eigenvalue weighted by molar-refractivity contribution is 0.302. The molecule has 0 unspecified atom stereocenters. The van der Waals surface area contributed by atoms with Crippen LogP contribution in [-0.4, -0.2) is 25.8 Å². The SMILES string of the molecule is Cc1ccc(=O)n(C2CCC(Nc3ncnc4ccc(F)cc34)CC2)n1. The molecule has 0 saturated heterocycles. The Morgan fingerprint density at radius 1 is 1.12 bits per heavy atom. The Balaban J connectivity index is 1.48. The van der Waals surface area contributed by atoms with E-state index in [0.29, 0.717) is 16.7 Å². The first-order valence-corrected chi connectivity index (χ1v) is 8.83. The molecule has 26 heavy (non-hydrogen) atoms. The van der Waals surface area contributed by atoms with Crippen LogP contribution in [0.15, 0.2) is 41.5 Å². The Hall–Kier alpha value is -2.83. The highest BCUT2D eigenvalue weighted by Gasteiger charge is 2.24. The van der Waals surface area contributed by atoms with Crippen LogP contribution >= 0.6 is 0 Å². The summed E-state index contributed by atoms with van der Waals surface area (Å²) in [6.07, 6.45) is 5.02. The molecule has 2 heterocycles. The number of hydrogen-bond acceptors (Lipinski definition) is 5. The Labute approximate surface area is 150 Å². The average Bonchev–Trinajstić information content (AvgIpc) is 2.65.